The molecule has 0 aromatic carbocycles. The van der Waals surface area contributed by atoms with Crippen LogP contribution in [0.4, 0.5) is 4.79 Å². The molecule has 3 N–H and O–H groups in total. The summed E-state index contributed by atoms with van der Waals surface area (Å²) >= 11 is 0. The second-order valence-corrected chi connectivity index (χ2v) is 13.1. The third-order valence-electron chi connectivity index (χ3n) is 8.17. The maximum absolute atomic E-state index is 14.1. The van der Waals surface area contributed by atoms with Gasteiger partial charge in [-0.3, -0.25) is 19.2 Å². The Kier molecular flexibility index (Phi) is 13.3. The van der Waals surface area contributed by atoms with E-state index < -0.39 is 52.8 Å². The second-order valence-electron chi connectivity index (χ2n) is 13.1. The molecule has 10 nitrogen and oxygen atoms in total. The summed E-state index contributed by atoms with van der Waals surface area (Å²) in [6, 6.07) is -2.79. The largest absolute Gasteiger partial charge is 0.444 e. The Bertz CT molecular complexity index is 1000. The highest BCUT2D eigenvalue weighted by molar-refractivity contribution is 6.38. The van der Waals surface area contributed by atoms with Gasteiger partial charge < -0.3 is 25.6 Å². The fraction of sp³-hybridized carbons (Fsp3) is 0.719. The summed E-state index contributed by atoms with van der Waals surface area (Å²) in [5, 5.41) is 8.12. The van der Waals surface area contributed by atoms with E-state index in [4.69, 9.17) is 4.74 Å². The van der Waals surface area contributed by atoms with Crippen molar-refractivity contribution >= 4 is 29.6 Å². The van der Waals surface area contributed by atoms with Gasteiger partial charge in [-0.15, -0.1) is 13.2 Å². The number of ketones is 1. The summed E-state index contributed by atoms with van der Waals surface area (Å²) in [5.74, 6) is -2.63. The number of fused-ring (bicyclic) bond motifs is 1. The molecule has 2 aliphatic heterocycles. The number of carbonyl (C=O) groups is 5. The molecule has 0 aromatic rings. The lowest BCUT2D eigenvalue weighted by molar-refractivity contribution is -0.144. The standard InChI is InChI=1S/C32H52N4O6/c1-8-20-33-28(39)26(37)23-17-15-13-11-10-12-14-16-18-24(35-30(41)42-31(3,4)5)29(40)36-21-19-22(32(6,7)9-2)25(36)27(38)34-23/h8-9,22-25H,1-2,10-21H2,3-7H3,(H,33,39)(H,34,38)(H,35,41)/t22-,23-,24-,25-/m0/s1. The number of alkyl carbamates (subject to hydrolysis) is 1. The van der Waals surface area contributed by atoms with Crippen molar-refractivity contribution in [1.29, 1.82) is 0 Å². The first kappa shape index (κ1) is 35.0. The van der Waals surface area contributed by atoms with Crippen molar-refractivity contribution in [2.75, 3.05) is 13.1 Å². The lowest BCUT2D eigenvalue weighted by Gasteiger charge is -2.36. The van der Waals surface area contributed by atoms with Crippen LogP contribution in [0.1, 0.15) is 98.8 Å². The molecule has 0 bridgehead atoms. The van der Waals surface area contributed by atoms with Crippen LogP contribution >= 0.6 is 0 Å². The average Bonchev–Trinajstić information content (AvgIpc) is 3.37. The van der Waals surface area contributed by atoms with E-state index in [1.54, 1.807) is 26.8 Å². The van der Waals surface area contributed by atoms with Crippen molar-refractivity contribution in [2.45, 2.75) is 123 Å². The van der Waals surface area contributed by atoms with Gasteiger partial charge in [0.05, 0.1) is 6.04 Å². The summed E-state index contributed by atoms with van der Waals surface area (Å²) in [4.78, 5) is 68.1. The number of hydrogen-bond donors (Lipinski definition) is 3. The van der Waals surface area contributed by atoms with Gasteiger partial charge in [0.2, 0.25) is 17.6 Å². The molecular formula is C32H52N4O6. The number of nitrogens with zero attached hydrogens (tertiary/aromatic N) is 1. The number of rotatable bonds is 7. The van der Waals surface area contributed by atoms with E-state index in [0.29, 0.717) is 32.2 Å². The number of ether oxygens (including phenoxy) is 1. The zero-order valence-corrected chi connectivity index (χ0v) is 26.3. The van der Waals surface area contributed by atoms with Gasteiger partial charge in [0.25, 0.3) is 5.91 Å². The summed E-state index contributed by atoms with van der Waals surface area (Å²) in [6.45, 7) is 17.2. The molecule has 42 heavy (non-hydrogen) atoms. The number of carbonyl (C=O) groups excluding carboxylic acids is 5. The van der Waals surface area contributed by atoms with Gasteiger partial charge in [-0.2, -0.15) is 0 Å². The number of hydrogen-bond acceptors (Lipinski definition) is 6. The number of amides is 4. The minimum atomic E-state index is -1.02. The SMILES string of the molecule is C=CCNC(=O)C(=O)[C@@H]1CCCCCCCCC[C@H](NC(=O)OC(C)(C)C)C(=O)N2CC[C@H](C(C)(C)C=C)[C@H]2C(=O)N1. The predicted molar refractivity (Wildman–Crippen MR) is 162 cm³/mol. The van der Waals surface area contributed by atoms with Gasteiger partial charge >= 0.3 is 6.09 Å². The quantitative estimate of drug-likeness (QED) is 0.302. The minimum absolute atomic E-state index is 0.137. The molecule has 10 heteroatoms. The maximum atomic E-state index is 14.1. The van der Waals surface area contributed by atoms with Gasteiger partial charge in [-0.05, 0) is 51.4 Å². The van der Waals surface area contributed by atoms with E-state index in [9.17, 15) is 24.0 Å². The summed E-state index contributed by atoms with van der Waals surface area (Å²) in [5.41, 5.74) is -1.24. The van der Waals surface area contributed by atoms with Gasteiger partial charge in [-0.1, -0.05) is 70.9 Å². The summed E-state index contributed by atoms with van der Waals surface area (Å²) < 4.78 is 5.45. The molecule has 0 unspecified atom stereocenters. The molecule has 0 radical (unpaired) electrons. The van der Waals surface area contributed by atoms with Crippen LogP contribution in [0.3, 0.4) is 0 Å². The first-order chi connectivity index (χ1) is 19.7. The van der Waals surface area contributed by atoms with Crippen molar-refractivity contribution in [3.63, 3.8) is 0 Å². The molecule has 0 spiro atoms. The maximum Gasteiger partial charge on any atom is 0.408 e. The average molecular weight is 589 g/mol. The molecule has 4 atom stereocenters. The molecule has 4 amide bonds. The van der Waals surface area contributed by atoms with Gasteiger partial charge in [0, 0.05) is 13.1 Å². The molecule has 236 valence electrons. The third-order valence-corrected chi connectivity index (χ3v) is 8.17. The van der Waals surface area contributed by atoms with Crippen LogP contribution in [0.5, 0.6) is 0 Å². The van der Waals surface area contributed by atoms with Gasteiger partial charge in [-0.25, -0.2) is 4.79 Å². The van der Waals surface area contributed by atoms with Crippen molar-refractivity contribution in [3.8, 4) is 0 Å². The van der Waals surface area contributed by atoms with Crippen LogP contribution in [0.15, 0.2) is 25.3 Å². The van der Waals surface area contributed by atoms with Crippen molar-refractivity contribution in [3.05, 3.63) is 25.3 Å². The summed E-state index contributed by atoms with van der Waals surface area (Å²) in [7, 11) is 0. The minimum Gasteiger partial charge on any atom is -0.444 e. The van der Waals surface area contributed by atoms with Crippen molar-refractivity contribution in [1.82, 2.24) is 20.9 Å². The number of Topliss-reactive ketones (excluding diaryl/α,β-unsaturated/α-hetero) is 1. The number of allylic oxidation sites excluding steroid dienone is 1. The Morgan fingerprint density at radius 1 is 0.952 bits per heavy atom. The van der Waals surface area contributed by atoms with Crippen LogP contribution < -0.4 is 16.0 Å². The van der Waals surface area contributed by atoms with Crippen LogP contribution in [0.25, 0.3) is 0 Å². The second kappa shape index (κ2) is 15.9. The lowest BCUT2D eigenvalue weighted by Crippen LogP contribution is -2.58. The van der Waals surface area contributed by atoms with E-state index >= 15 is 0 Å². The molecule has 2 aliphatic rings. The molecule has 2 heterocycles. The fourth-order valence-electron chi connectivity index (χ4n) is 5.72. The Morgan fingerprint density at radius 3 is 2.12 bits per heavy atom. The van der Waals surface area contributed by atoms with E-state index in [2.05, 4.69) is 29.1 Å². The molecule has 2 fully saturated rings. The molecular weight excluding hydrogens is 536 g/mol. The third kappa shape index (κ3) is 10.3. The van der Waals surface area contributed by atoms with E-state index in [-0.39, 0.29) is 18.4 Å². The van der Waals surface area contributed by atoms with Gasteiger partial charge in [0.15, 0.2) is 0 Å². The Labute approximate surface area is 251 Å². The van der Waals surface area contributed by atoms with Crippen LogP contribution in [0, 0.1) is 11.3 Å². The van der Waals surface area contributed by atoms with E-state index in [1.165, 1.54) is 11.0 Å². The Morgan fingerprint density at radius 2 is 1.55 bits per heavy atom. The molecule has 2 rings (SSSR count). The lowest BCUT2D eigenvalue weighted by atomic mass is 9.74. The van der Waals surface area contributed by atoms with Crippen LogP contribution in [-0.4, -0.2) is 71.3 Å². The molecule has 0 aromatic heterocycles. The summed E-state index contributed by atoms with van der Waals surface area (Å²) in [6.07, 6.45) is 10.0. The van der Waals surface area contributed by atoms with Crippen LogP contribution in [0.2, 0.25) is 0 Å². The highest BCUT2D eigenvalue weighted by Crippen LogP contribution is 2.40. The zero-order chi connectivity index (χ0) is 31.5. The highest BCUT2D eigenvalue weighted by Gasteiger charge is 2.49. The molecule has 0 saturated carbocycles. The van der Waals surface area contributed by atoms with Crippen LogP contribution in [-0.2, 0) is 23.9 Å². The first-order valence-electron chi connectivity index (χ1n) is 15.4. The molecule has 0 aliphatic carbocycles. The first-order valence-corrected chi connectivity index (χ1v) is 15.4. The predicted octanol–water partition coefficient (Wildman–Crippen LogP) is 4.19. The smallest absolute Gasteiger partial charge is 0.408 e. The van der Waals surface area contributed by atoms with E-state index in [0.717, 1.165) is 38.5 Å². The molecule has 2 saturated heterocycles. The zero-order valence-electron chi connectivity index (χ0n) is 26.3. The highest BCUT2D eigenvalue weighted by atomic mass is 16.6. The number of nitrogens with one attached hydrogen (secondary N) is 3. The Hall–Kier alpha value is -3.17. The monoisotopic (exact) mass is 588 g/mol. The topological polar surface area (TPSA) is 134 Å². The van der Waals surface area contributed by atoms with E-state index in [1.807, 2.05) is 13.8 Å². The van der Waals surface area contributed by atoms with Crippen molar-refractivity contribution in [2.24, 2.45) is 11.3 Å². The van der Waals surface area contributed by atoms with Gasteiger partial charge in [0.1, 0.15) is 17.7 Å². The normalized spacial score (nSPS) is 25.0. The van der Waals surface area contributed by atoms with Crippen molar-refractivity contribution < 1.29 is 28.7 Å². The fourth-order valence-corrected chi connectivity index (χ4v) is 5.72. The Balaban J connectivity index is 2.45.